The van der Waals surface area contributed by atoms with Gasteiger partial charge in [0.25, 0.3) is 11.7 Å². The fraction of sp³-hybridized carbons (Fsp3) is 0.226. The highest BCUT2D eigenvalue weighted by Gasteiger charge is 2.46. The number of carbonyl (C=O) groups excluding carboxylic acids is 2. The average Bonchev–Trinajstić information content (AvgIpc) is 3.42. The third-order valence-electron chi connectivity index (χ3n) is 6.97. The molecule has 1 unspecified atom stereocenters. The molecule has 4 aromatic rings. The molecule has 2 aromatic carbocycles. The van der Waals surface area contributed by atoms with Gasteiger partial charge in [0.15, 0.2) is 0 Å². The standard InChI is InChI=1S/C31H30N4O3/c1-20-25(18-33-35(20)24-10-6-5-7-11-24)28(36)26-27(22-12-14-23(15-13-22)31(2,3)4)34(30(38)29(26)37)19-21-9-8-16-32-17-21/h5-18,27,36H,19H2,1-4H3. The molecule has 38 heavy (non-hydrogen) atoms. The summed E-state index contributed by atoms with van der Waals surface area (Å²) in [7, 11) is 0. The molecule has 192 valence electrons. The number of para-hydroxylation sites is 1. The number of likely N-dealkylation sites (tertiary alicyclic amines) is 1. The van der Waals surface area contributed by atoms with Gasteiger partial charge in [-0.2, -0.15) is 5.10 Å². The number of ketones is 1. The highest BCUT2D eigenvalue weighted by molar-refractivity contribution is 6.46. The molecule has 1 fully saturated rings. The molecule has 7 nitrogen and oxygen atoms in total. The van der Waals surface area contributed by atoms with Crippen LogP contribution in [0.2, 0.25) is 0 Å². The molecule has 5 rings (SSSR count). The Morgan fingerprint density at radius 3 is 2.29 bits per heavy atom. The van der Waals surface area contributed by atoms with E-state index in [1.54, 1.807) is 23.1 Å². The van der Waals surface area contributed by atoms with Gasteiger partial charge in [-0.25, -0.2) is 4.68 Å². The van der Waals surface area contributed by atoms with Crippen molar-refractivity contribution >= 4 is 17.4 Å². The predicted octanol–water partition coefficient (Wildman–Crippen LogP) is 5.50. The molecule has 3 heterocycles. The number of aliphatic hydroxyl groups excluding tert-OH is 1. The number of aromatic nitrogens is 3. The SMILES string of the molecule is Cc1c(C(O)=C2C(=O)C(=O)N(Cc3cccnc3)C2c2ccc(C(C)(C)C)cc2)cnn1-c1ccccc1. The quantitative estimate of drug-likeness (QED) is 0.220. The van der Waals surface area contributed by atoms with Gasteiger partial charge in [0.05, 0.1) is 34.8 Å². The molecule has 1 aliphatic heterocycles. The van der Waals surface area contributed by atoms with Crippen LogP contribution in [-0.2, 0) is 21.5 Å². The van der Waals surface area contributed by atoms with E-state index in [4.69, 9.17) is 0 Å². The van der Waals surface area contributed by atoms with Crippen LogP contribution in [0.4, 0.5) is 0 Å². The van der Waals surface area contributed by atoms with Crippen LogP contribution in [0.15, 0.2) is 90.9 Å². The van der Waals surface area contributed by atoms with Crippen molar-refractivity contribution in [2.24, 2.45) is 0 Å². The lowest BCUT2D eigenvalue weighted by molar-refractivity contribution is -0.140. The largest absolute Gasteiger partial charge is 0.507 e. The van der Waals surface area contributed by atoms with Gasteiger partial charge < -0.3 is 10.0 Å². The van der Waals surface area contributed by atoms with Crippen LogP contribution >= 0.6 is 0 Å². The fourth-order valence-electron chi connectivity index (χ4n) is 4.86. The van der Waals surface area contributed by atoms with E-state index in [-0.39, 0.29) is 23.3 Å². The van der Waals surface area contributed by atoms with Gasteiger partial charge >= 0.3 is 0 Å². The highest BCUT2D eigenvalue weighted by atomic mass is 16.3. The maximum absolute atomic E-state index is 13.5. The topological polar surface area (TPSA) is 88.3 Å². The molecule has 1 atom stereocenters. The number of aliphatic hydroxyl groups is 1. The van der Waals surface area contributed by atoms with Crippen molar-refractivity contribution in [2.45, 2.75) is 45.7 Å². The van der Waals surface area contributed by atoms with Crippen molar-refractivity contribution < 1.29 is 14.7 Å². The number of carbonyl (C=O) groups is 2. The Morgan fingerprint density at radius 2 is 1.66 bits per heavy atom. The van der Waals surface area contributed by atoms with E-state index in [0.29, 0.717) is 11.3 Å². The molecule has 2 aromatic heterocycles. The van der Waals surface area contributed by atoms with Gasteiger partial charge in [0.1, 0.15) is 5.76 Å². The zero-order valence-corrected chi connectivity index (χ0v) is 21.9. The zero-order chi connectivity index (χ0) is 27.0. The van der Waals surface area contributed by atoms with Crippen LogP contribution < -0.4 is 0 Å². The van der Waals surface area contributed by atoms with Gasteiger partial charge in [-0.15, -0.1) is 0 Å². The zero-order valence-electron chi connectivity index (χ0n) is 21.9. The molecule has 0 spiro atoms. The number of hydrogen-bond acceptors (Lipinski definition) is 5. The van der Waals surface area contributed by atoms with E-state index in [1.165, 1.54) is 11.1 Å². The minimum Gasteiger partial charge on any atom is -0.507 e. The molecule has 7 heteroatoms. The number of hydrogen-bond donors (Lipinski definition) is 1. The second kappa shape index (κ2) is 9.74. The highest BCUT2D eigenvalue weighted by Crippen LogP contribution is 2.41. The van der Waals surface area contributed by atoms with Gasteiger partial charge in [-0.05, 0) is 47.2 Å². The Balaban J connectivity index is 1.64. The molecule has 1 saturated heterocycles. The van der Waals surface area contributed by atoms with Gasteiger partial charge in [-0.3, -0.25) is 14.6 Å². The summed E-state index contributed by atoms with van der Waals surface area (Å²) in [5.74, 6) is -1.61. The van der Waals surface area contributed by atoms with E-state index >= 15 is 0 Å². The van der Waals surface area contributed by atoms with Crippen molar-refractivity contribution in [1.82, 2.24) is 19.7 Å². The summed E-state index contributed by atoms with van der Waals surface area (Å²) in [4.78, 5) is 32.5. The van der Waals surface area contributed by atoms with E-state index in [2.05, 4.69) is 30.9 Å². The first-order valence-electron chi connectivity index (χ1n) is 12.5. The molecule has 1 amide bonds. The van der Waals surface area contributed by atoms with Crippen LogP contribution in [0.1, 0.15) is 54.8 Å². The molecular weight excluding hydrogens is 476 g/mol. The lowest BCUT2D eigenvalue weighted by Crippen LogP contribution is -2.29. The minimum atomic E-state index is -0.760. The Labute approximate surface area is 222 Å². The average molecular weight is 507 g/mol. The van der Waals surface area contributed by atoms with E-state index in [1.807, 2.05) is 67.6 Å². The predicted molar refractivity (Wildman–Crippen MR) is 146 cm³/mol. The second-order valence-corrected chi connectivity index (χ2v) is 10.6. The van der Waals surface area contributed by atoms with Crippen LogP contribution in [0, 0.1) is 6.92 Å². The lowest BCUT2D eigenvalue weighted by Gasteiger charge is -2.26. The fourth-order valence-corrected chi connectivity index (χ4v) is 4.86. The van der Waals surface area contributed by atoms with Crippen LogP contribution in [0.25, 0.3) is 11.4 Å². The monoisotopic (exact) mass is 506 g/mol. The van der Waals surface area contributed by atoms with Gasteiger partial charge in [0.2, 0.25) is 0 Å². The van der Waals surface area contributed by atoms with Crippen molar-refractivity contribution in [3.8, 4) is 5.69 Å². The number of pyridine rings is 1. The van der Waals surface area contributed by atoms with Crippen LogP contribution in [0.5, 0.6) is 0 Å². The van der Waals surface area contributed by atoms with E-state index in [0.717, 1.165) is 22.4 Å². The lowest BCUT2D eigenvalue weighted by atomic mass is 9.85. The summed E-state index contributed by atoms with van der Waals surface area (Å²) >= 11 is 0. The summed E-state index contributed by atoms with van der Waals surface area (Å²) in [6.07, 6.45) is 4.87. The maximum Gasteiger partial charge on any atom is 0.295 e. The van der Waals surface area contributed by atoms with Crippen LogP contribution in [0.3, 0.4) is 0 Å². The molecule has 1 aliphatic rings. The number of Topliss-reactive ketones (excluding diaryl/α,β-unsaturated/α-hetero) is 1. The molecule has 0 saturated carbocycles. The van der Waals surface area contributed by atoms with Crippen molar-refractivity contribution in [3.05, 3.63) is 119 Å². The van der Waals surface area contributed by atoms with Gasteiger partial charge in [0, 0.05) is 18.9 Å². The molecule has 0 bridgehead atoms. The summed E-state index contributed by atoms with van der Waals surface area (Å²) in [6, 6.07) is 20.3. The van der Waals surface area contributed by atoms with Crippen LogP contribution in [-0.4, -0.2) is 36.5 Å². The normalized spacial score (nSPS) is 17.3. The number of nitrogens with zero attached hydrogens (tertiary/aromatic N) is 4. The second-order valence-electron chi connectivity index (χ2n) is 10.6. The van der Waals surface area contributed by atoms with E-state index < -0.39 is 17.7 Å². The number of amides is 1. The molecule has 0 aliphatic carbocycles. The Bertz CT molecular complexity index is 1520. The van der Waals surface area contributed by atoms with Gasteiger partial charge in [-0.1, -0.05) is 69.3 Å². The first kappa shape index (κ1) is 25.1. The summed E-state index contributed by atoms with van der Waals surface area (Å²) in [5.41, 5.74) is 4.56. The molecule has 0 radical (unpaired) electrons. The minimum absolute atomic E-state index is 0.0538. The Hall–Kier alpha value is -4.52. The summed E-state index contributed by atoms with van der Waals surface area (Å²) in [6.45, 7) is 8.40. The molecule has 1 N–H and O–H groups in total. The first-order chi connectivity index (χ1) is 18.2. The smallest absolute Gasteiger partial charge is 0.295 e. The third-order valence-corrected chi connectivity index (χ3v) is 6.97. The summed E-state index contributed by atoms with van der Waals surface area (Å²) < 4.78 is 1.70. The Morgan fingerprint density at radius 1 is 0.947 bits per heavy atom. The van der Waals surface area contributed by atoms with Crippen molar-refractivity contribution in [2.75, 3.05) is 0 Å². The maximum atomic E-state index is 13.5. The van der Waals surface area contributed by atoms with Crippen molar-refractivity contribution in [3.63, 3.8) is 0 Å². The first-order valence-corrected chi connectivity index (χ1v) is 12.5. The van der Waals surface area contributed by atoms with E-state index in [9.17, 15) is 14.7 Å². The number of rotatable bonds is 5. The Kier molecular flexibility index (Phi) is 6.45. The molecular formula is C31H30N4O3. The summed E-state index contributed by atoms with van der Waals surface area (Å²) in [5, 5.41) is 16.0. The number of benzene rings is 2. The third kappa shape index (κ3) is 4.52. The van der Waals surface area contributed by atoms with Crippen molar-refractivity contribution in [1.29, 1.82) is 0 Å².